The molecule has 2 heteroatoms. The average Bonchev–Trinajstić information content (AvgIpc) is 2.50. The topological polar surface area (TPSA) is 15.3 Å². The molecule has 0 bridgehead atoms. The summed E-state index contributed by atoms with van der Waals surface area (Å²) in [6.45, 7) is 19.4. The number of hydrogen-bond acceptors (Lipinski definition) is 2. The Labute approximate surface area is 146 Å². The number of unbranched alkanes of at least 4 members (excludes halogenated alkanes) is 5. The van der Waals surface area contributed by atoms with E-state index in [4.69, 9.17) is 0 Å². The van der Waals surface area contributed by atoms with Crippen LogP contribution in [0.15, 0.2) is 24.6 Å². The Kier molecular flexibility index (Phi) is 13.0. The van der Waals surface area contributed by atoms with Crippen LogP contribution >= 0.6 is 0 Å². The van der Waals surface area contributed by atoms with Gasteiger partial charge in [-0.3, -0.25) is 0 Å². The van der Waals surface area contributed by atoms with Crippen LogP contribution in [-0.2, 0) is 0 Å². The van der Waals surface area contributed by atoms with Crippen molar-refractivity contribution in [2.75, 3.05) is 20.1 Å². The SMILES string of the molecule is C=C(NCCCCCCCCN(C)C(=C)CCC(C)C)C(C)C. The van der Waals surface area contributed by atoms with E-state index >= 15 is 0 Å². The van der Waals surface area contributed by atoms with Crippen LogP contribution in [-0.4, -0.2) is 25.0 Å². The van der Waals surface area contributed by atoms with E-state index in [0.29, 0.717) is 5.92 Å². The van der Waals surface area contributed by atoms with Crippen molar-refractivity contribution in [3.63, 3.8) is 0 Å². The highest BCUT2D eigenvalue weighted by Gasteiger charge is 2.03. The minimum Gasteiger partial charge on any atom is -0.389 e. The summed E-state index contributed by atoms with van der Waals surface area (Å²) < 4.78 is 0. The zero-order chi connectivity index (χ0) is 17.7. The van der Waals surface area contributed by atoms with Crippen LogP contribution in [0, 0.1) is 11.8 Å². The predicted octanol–water partition coefficient (Wildman–Crippen LogP) is 5.97. The van der Waals surface area contributed by atoms with Gasteiger partial charge in [-0.15, -0.1) is 0 Å². The zero-order valence-electron chi connectivity index (χ0n) is 16.6. The molecule has 0 aliphatic rings. The highest BCUT2D eigenvalue weighted by Crippen LogP contribution is 2.14. The van der Waals surface area contributed by atoms with Crippen molar-refractivity contribution in [1.29, 1.82) is 0 Å². The van der Waals surface area contributed by atoms with Gasteiger partial charge in [0.15, 0.2) is 0 Å². The summed E-state index contributed by atoms with van der Waals surface area (Å²) in [5, 5.41) is 3.42. The number of hydrogen-bond donors (Lipinski definition) is 1. The van der Waals surface area contributed by atoms with Gasteiger partial charge in [-0.1, -0.05) is 66.5 Å². The summed E-state index contributed by atoms with van der Waals surface area (Å²) in [6.07, 6.45) is 10.3. The smallest absolute Gasteiger partial charge is 0.0171 e. The van der Waals surface area contributed by atoms with Gasteiger partial charge < -0.3 is 10.2 Å². The monoisotopic (exact) mass is 322 g/mol. The standard InChI is InChI=1S/C21H42N2/c1-18(2)14-15-20(5)23(7)17-13-11-9-8-10-12-16-22-21(6)19(3)4/h18-19,22H,5-6,8-17H2,1-4,7H3. The van der Waals surface area contributed by atoms with Crippen molar-refractivity contribution in [2.45, 2.75) is 79.1 Å². The van der Waals surface area contributed by atoms with Crippen molar-refractivity contribution in [1.82, 2.24) is 10.2 Å². The first kappa shape index (κ1) is 22.1. The quantitative estimate of drug-likeness (QED) is 0.374. The first-order chi connectivity index (χ1) is 10.8. The van der Waals surface area contributed by atoms with Crippen LogP contribution in [0.3, 0.4) is 0 Å². The summed E-state index contributed by atoms with van der Waals surface area (Å²) in [5.74, 6) is 1.31. The van der Waals surface area contributed by atoms with E-state index in [-0.39, 0.29) is 0 Å². The molecule has 0 aromatic heterocycles. The van der Waals surface area contributed by atoms with Gasteiger partial charge in [-0.05, 0) is 37.5 Å². The lowest BCUT2D eigenvalue weighted by Gasteiger charge is -2.22. The van der Waals surface area contributed by atoms with Crippen LogP contribution in [0.1, 0.15) is 79.1 Å². The Balaban J connectivity index is 3.42. The van der Waals surface area contributed by atoms with Crippen LogP contribution in [0.4, 0.5) is 0 Å². The Hall–Kier alpha value is -0.920. The average molecular weight is 323 g/mol. The fraction of sp³-hybridized carbons (Fsp3) is 0.810. The molecule has 0 spiro atoms. The molecular formula is C21H42N2. The number of nitrogens with one attached hydrogen (secondary N) is 1. The molecule has 0 unspecified atom stereocenters. The van der Waals surface area contributed by atoms with E-state index in [1.807, 2.05) is 0 Å². The van der Waals surface area contributed by atoms with E-state index in [0.717, 1.165) is 25.4 Å². The molecule has 0 atom stereocenters. The molecule has 0 radical (unpaired) electrons. The summed E-state index contributed by atoms with van der Waals surface area (Å²) in [6, 6.07) is 0. The Morgan fingerprint density at radius 2 is 1.48 bits per heavy atom. The van der Waals surface area contributed by atoms with E-state index in [1.54, 1.807) is 0 Å². The lowest BCUT2D eigenvalue weighted by atomic mass is 10.1. The summed E-state index contributed by atoms with van der Waals surface area (Å²) in [7, 11) is 2.19. The minimum atomic E-state index is 0.544. The molecule has 0 saturated heterocycles. The van der Waals surface area contributed by atoms with Crippen LogP contribution in [0.25, 0.3) is 0 Å². The number of rotatable bonds is 15. The van der Waals surface area contributed by atoms with Gasteiger partial charge in [0.2, 0.25) is 0 Å². The van der Waals surface area contributed by atoms with Crippen molar-refractivity contribution in [2.24, 2.45) is 11.8 Å². The third kappa shape index (κ3) is 13.2. The molecule has 0 heterocycles. The lowest BCUT2D eigenvalue weighted by molar-refractivity contribution is 0.375. The normalized spacial score (nSPS) is 11.1. The molecule has 1 N–H and O–H groups in total. The first-order valence-electron chi connectivity index (χ1n) is 9.66. The molecule has 0 amide bonds. The Morgan fingerprint density at radius 1 is 0.913 bits per heavy atom. The Bertz CT molecular complexity index is 318. The lowest BCUT2D eigenvalue weighted by Crippen LogP contribution is -2.18. The molecule has 23 heavy (non-hydrogen) atoms. The molecule has 0 aromatic carbocycles. The largest absolute Gasteiger partial charge is 0.389 e. The second-order valence-corrected chi connectivity index (χ2v) is 7.65. The van der Waals surface area contributed by atoms with Crippen molar-refractivity contribution < 1.29 is 0 Å². The first-order valence-corrected chi connectivity index (χ1v) is 9.66. The molecule has 0 fully saturated rings. The highest BCUT2D eigenvalue weighted by atomic mass is 15.1. The van der Waals surface area contributed by atoms with Gasteiger partial charge in [-0.25, -0.2) is 0 Å². The molecule has 0 aromatic rings. The highest BCUT2D eigenvalue weighted by molar-refractivity contribution is 4.94. The van der Waals surface area contributed by atoms with Gasteiger partial charge >= 0.3 is 0 Å². The predicted molar refractivity (Wildman–Crippen MR) is 106 cm³/mol. The van der Waals surface area contributed by atoms with Crippen LogP contribution in [0.2, 0.25) is 0 Å². The van der Waals surface area contributed by atoms with Crippen LogP contribution in [0.5, 0.6) is 0 Å². The molecule has 0 aliphatic carbocycles. The van der Waals surface area contributed by atoms with Gasteiger partial charge in [0.05, 0.1) is 0 Å². The number of allylic oxidation sites excluding steroid dienone is 2. The van der Waals surface area contributed by atoms with Gasteiger partial charge in [0, 0.05) is 31.5 Å². The molecular weight excluding hydrogens is 280 g/mol. The maximum Gasteiger partial charge on any atom is 0.0171 e. The Morgan fingerprint density at radius 3 is 2.04 bits per heavy atom. The zero-order valence-corrected chi connectivity index (χ0v) is 16.6. The fourth-order valence-electron chi connectivity index (χ4n) is 2.44. The van der Waals surface area contributed by atoms with Gasteiger partial charge in [-0.2, -0.15) is 0 Å². The van der Waals surface area contributed by atoms with E-state index < -0.39 is 0 Å². The van der Waals surface area contributed by atoms with Gasteiger partial charge in [0.25, 0.3) is 0 Å². The molecule has 0 saturated carbocycles. The maximum absolute atomic E-state index is 4.21. The second kappa shape index (κ2) is 13.5. The van der Waals surface area contributed by atoms with Gasteiger partial charge in [0.1, 0.15) is 0 Å². The van der Waals surface area contributed by atoms with Crippen molar-refractivity contribution in [3.05, 3.63) is 24.6 Å². The van der Waals surface area contributed by atoms with Crippen molar-refractivity contribution in [3.8, 4) is 0 Å². The molecule has 0 aliphatic heterocycles. The molecule has 136 valence electrons. The molecule has 0 rings (SSSR count). The van der Waals surface area contributed by atoms with Crippen molar-refractivity contribution >= 4 is 0 Å². The van der Waals surface area contributed by atoms with Crippen LogP contribution < -0.4 is 5.32 Å². The van der Waals surface area contributed by atoms with E-state index in [1.165, 1.54) is 56.3 Å². The minimum absolute atomic E-state index is 0.544. The summed E-state index contributed by atoms with van der Waals surface area (Å²) in [4.78, 5) is 2.35. The summed E-state index contributed by atoms with van der Waals surface area (Å²) in [5.41, 5.74) is 2.47. The maximum atomic E-state index is 4.21. The third-order valence-corrected chi connectivity index (χ3v) is 4.52. The fourth-order valence-corrected chi connectivity index (χ4v) is 2.44. The number of nitrogens with zero attached hydrogens (tertiary/aromatic N) is 1. The second-order valence-electron chi connectivity index (χ2n) is 7.65. The summed E-state index contributed by atoms with van der Waals surface area (Å²) >= 11 is 0. The molecule has 2 nitrogen and oxygen atoms in total. The van der Waals surface area contributed by atoms with E-state index in [9.17, 15) is 0 Å². The van der Waals surface area contributed by atoms with E-state index in [2.05, 4.69) is 58.1 Å². The third-order valence-electron chi connectivity index (χ3n) is 4.52.